The number of rotatable bonds is 3. The van der Waals surface area contributed by atoms with Crippen LogP contribution in [0.2, 0.25) is 0 Å². The minimum absolute atomic E-state index is 0.0400. The molecule has 0 saturated carbocycles. The Morgan fingerprint density at radius 1 is 1.52 bits per heavy atom. The number of ether oxygens (including phenoxy) is 1. The largest absolute Gasteiger partial charge is 0.368 e. The van der Waals surface area contributed by atoms with Crippen LogP contribution in [0.25, 0.3) is 0 Å². The Hall–Kier alpha value is -2.28. The summed E-state index contributed by atoms with van der Waals surface area (Å²) in [6.07, 6.45) is 1.64. The lowest BCUT2D eigenvalue weighted by Crippen LogP contribution is -2.37. The summed E-state index contributed by atoms with van der Waals surface area (Å²) in [5, 5.41) is 9.32. The van der Waals surface area contributed by atoms with Crippen molar-refractivity contribution in [2.75, 3.05) is 6.61 Å². The number of aromatic amines is 1. The molecule has 0 radical (unpaired) electrons. The van der Waals surface area contributed by atoms with Crippen molar-refractivity contribution < 1.29 is 13.9 Å². The maximum atomic E-state index is 13.7. The second-order valence-corrected chi connectivity index (χ2v) is 5.01. The molecule has 110 valence electrons. The van der Waals surface area contributed by atoms with Crippen molar-refractivity contribution in [2.24, 2.45) is 0 Å². The van der Waals surface area contributed by atoms with E-state index < -0.39 is 11.7 Å². The molecule has 1 aromatic carbocycles. The van der Waals surface area contributed by atoms with Crippen molar-refractivity contribution in [1.82, 2.24) is 20.5 Å². The minimum Gasteiger partial charge on any atom is -0.368 e. The van der Waals surface area contributed by atoms with Gasteiger partial charge in [-0.1, -0.05) is 11.6 Å². The molecule has 0 spiro atoms. The number of aryl methyl sites for hydroxylation is 1. The van der Waals surface area contributed by atoms with Crippen LogP contribution < -0.4 is 5.32 Å². The smallest absolute Gasteiger partial charge is 0.254 e. The highest BCUT2D eigenvalue weighted by molar-refractivity contribution is 5.94. The number of benzene rings is 1. The maximum Gasteiger partial charge on any atom is 0.254 e. The van der Waals surface area contributed by atoms with Crippen LogP contribution in [0.3, 0.4) is 0 Å². The summed E-state index contributed by atoms with van der Waals surface area (Å²) in [7, 11) is 0. The van der Waals surface area contributed by atoms with E-state index in [1.807, 2.05) is 6.92 Å². The van der Waals surface area contributed by atoms with E-state index in [1.165, 1.54) is 18.5 Å². The summed E-state index contributed by atoms with van der Waals surface area (Å²) in [6.45, 7) is 2.32. The van der Waals surface area contributed by atoms with Crippen LogP contribution in [-0.4, -0.2) is 33.7 Å². The molecule has 2 aromatic rings. The highest BCUT2D eigenvalue weighted by atomic mass is 19.1. The van der Waals surface area contributed by atoms with Gasteiger partial charge in [0.15, 0.2) is 5.82 Å². The molecular formula is C14H15FN4O2. The van der Waals surface area contributed by atoms with Crippen molar-refractivity contribution in [1.29, 1.82) is 0 Å². The average Bonchev–Trinajstić information content (AvgIpc) is 3.11. The van der Waals surface area contributed by atoms with Gasteiger partial charge >= 0.3 is 0 Å². The summed E-state index contributed by atoms with van der Waals surface area (Å²) < 4.78 is 19.3. The van der Waals surface area contributed by atoms with E-state index in [0.29, 0.717) is 18.9 Å². The van der Waals surface area contributed by atoms with Crippen LogP contribution in [0.15, 0.2) is 24.5 Å². The average molecular weight is 290 g/mol. The molecule has 21 heavy (non-hydrogen) atoms. The number of halogens is 1. The topological polar surface area (TPSA) is 79.9 Å². The van der Waals surface area contributed by atoms with E-state index in [2.05, 4.69) is 20.5 Å². The molecule has 1 aromatic heterocycles. The number of nitrogens with zero attached hydrogens (tertiary/aromatic N) is 2. The molecule has 1 amide bonds. The van der Waals surface area contributed by atoms with Crippen molar-refractivity contribution in [3.05, 3.63) is 47.3 Å². The van der Waals surface area contributed by atoms with Gasteiger partial charge in [-0.2, -0.15) is 5.10 Å². The van der Waals surface area contributed by atoms with E-state index in [4.69, 9.17) is 4.74 Å². The Balaban J connectivity index is 1.76. The number of H-pyrrole nitrogens is 1. The predicted molar refractivity (Wildman–Crippen MR) is 72.1 cm³/mol. The molecule has 0 bridgehead atoms. The third-order valence-corrected chi connectivity index (χ3v) is 3.48. The van der Waals surface area contributed by atoms with Crippen LogP contribution in [0.1, 0.15) is 34.3 Å². The van der Waals surface area contributed by atoms with E-state index in [9.17, 15) is 9.18 Å². The Bertz CT molecular complexity index is 644. The Labute approximate surface area is 120 Å². The fraction of sp³-hybridized carbons (Fsp3) is 0.357. The predicted octanol–water partition coefficient (Wildman–Crippen LogP) is 1.51. The Morgan fingerprint density at radius 2 is 2.38 bits per heavy atom. The number of hydrogen-bond acceptors (Lipinski definition) is 4. The molecule has 2 N–H and O–H groups in total. The zero-order chi connectivity index (χ0) is 14.8. The number of hydrogen-bond donors (Lipinski definition) is 2. The van der Waals surface area contributed by atoms with Gasteiger partial charge in [-0.25, -0.2) is 9.37 Å². The van der Waals surface area contributed by atoms with E-state index in [1.54, 1.807) is 6.07 Å². The summed E-state index contributed by atoms with van der Waals surface area (Å²) in [5.74, 6) is -0.424. The standard InChI is InChI=1S/C14H15FN4O2/c1-8-2-3-10(15)9(6-8)14(20)18-11-4-5-21-12(11)13-16-7-17-19-13/h2-3,6-7,11-12H,4-5H2,1H3,(H,18,20)(H,16,17,19)/t11-,12+/m0/s1. The molecular weight excluding hydrogens is 275 g/mol. The number of nitrogens with one attached hydrogen (secondary N) is 2. The molecule has 3 rings (SSSR count). The van der Waals surface area contributed by atoms with Crippen LogP contribution in [-0.2, 0) is 4.74 Å². The number of carbonyl (C=O) groups excluding carboxylic acids is 1. The third kappa shape index (κ3) is 2.78. The normalized spacial score (nSPS) is 21.4. The molecule has 1 aliphatic heterocycles. The number of amides is 1. The Kier molecular flexibility index (Phi) is 3.66. The monoisotopic (exact) mass is 290 g/mol. The van der Waals surface area contributed by atoms with E-state index in [-0.39, 0.29) is 17.7 Å². The SMILES string of the molecule is Cc1ccc(F)c(C(=O)N[C@H]2CCO[C@H]2c2ncn[nH]2)c1. The highest BCUT2D eigenvalue weighted by Crippen LogP contribution is 2.26. The summed E-state index contributed by atoms with van der Waals surface area (Å²) in [4.78, 5) is 16.3. The lowest BCUT2D eigenvalue weighted by Gasteiger charge is -2.18. The van der Waals surface area contributed by atoms with Gasteiger partial charge in [0.25, 0.3) is 5.91 Å². The molecule has 7 heteroatoms. The highest BCUT2D eigenvalue weighted by Gasteiger charge is 2.33. The fourth-order valence-corrected chi connectivity index (χ4v) is 2.42. The molecule has 2 atom stereocenters. The first kappa shape index (κ1) is 13.7. The van der Waals surface area contributed by atoms with Gasteiger partial charge in [0, 0.05) is 6.61 Å². The molecule has 2 heterocycles. The van der Waals surface area contributed by atoms with Crippen LogP contribution >= 0.6 is 0 Å². The molecule has 1 fully saturated rings. The molecule has 0 unspecified atom stereocenters. The second kappa shape index (κ2) is 5.61. The lowest BCUT2D eigenvalue weighted by atomic mass is 10.1. The van der Waals surface area contributed by atoms with Crippen molar-refractivity contribution in [3.8, 4) is 0 Å². The van der Waals surface area contributed by atoms with Crippen molar-refractivity contribution >= 4 is 5.91 Å². The zero-order valence-corrected chi connectivity index (χ0v) is 11.5. The van der Waals surface area contributed by atoms with Gasteiger partial charge in [0.1, 0.15) is 18.2 Å². The van der Waals surface area contributed by atoms with Gasteiger partial charge in [-0.15, -0.1) is 0 Å². The van der Waals surface area contributed by atoms with Gasteiger partial charge in [0.05, 0.1) is 11.6 Å². The minimum atomic E-state index is -0.534. The lowest BCUT2D eigenvalue weighted by molar-refractivity contribution is 0.0789. The third-order valence-electron chi connectivity index (χ3n) is 3.48. The van der Waals surface area contributed by atoms with Gasteiger partial charge < -0.3 is 10.1 Å². The van der Waals surface area contributed by atoms with E-state index >= 15 is 0 Å². The summed E-state index contributed by atoms with van der Waals surface area (Å²) in [5.41, 5.74) is 0.870. The first-order valence-corrected chi connectivity index (χ1v) is 6.69. The summed E-state index contributed by atoms with van der Waals surface area (Å²) in [6, 6.07) is 4.19. The van der Waals surface area contributed by atoms with E-state index in [0.717, 1.165) is 5.56 Å². The van der Waals surface area contributed by atoms with Crippen LogP contribution in [0.4, 0.5) is 4.39 Å². The zero-order valence-electron chi connectivity index (χ0n) is 11.5. The van der Waals surface area contributed by atoms with Crippen molar-refractivity contribution in [2.45, 2.75) is 25.5 Å². The van der Waals surface area contributed by atoms with Gasteiger partial charge in [0.2, 0.25) is 0 Å². The summed E-state index contributed by atoms with van der Waals surface area (Å²) >= 11 is 0. The molecule has 0 aliphatic carbocycles. The van der Waals surface area contributed by atoms with Crippen molar-refractivity contribution in [3.63, 3.8) is 0 Å². The molecule has 1 aliphatic rings. The maximum absolute atomic E-state index is 13.7. The molecule has 6 nitrogen and oxygen atoms in total. The second-order valence-electron chi connectivity index (χ2n) is 5.01. The quantitative estimate of drug-likeness (QED) is 0.898. The Morgan fingerprint density at radius 3 is 3.14 bits per heavy atom. The first-order chi connectivity index (χ1) is 10.1. The number of aromatic nitrogens is 3. The van der Waals surface area contributed by atoms with Crippen LogP contribution in [0.5, 0.6) is 0 Å². The molecule has 1 saturated heterocycles. The van der Waals surface area contributed by atoms with Crippen LogP contribution in [0, 0.1) is 12.7 Å². The number of carbonyl (C=O) groups is 1. The first-order valence-electron chi connectivity index (χ1n) is 6.69. The van der Waals surface area contributed by atoms with Gasteiger partial charge in [-0.3, -0.25) is 9.89 Å². The van der Waals surface area contributed by atoms with Gasteiger partial charge in [-0.05, 0) is 25.5 Å². The fourth-order valence-electron chi connectivity index (χ4n) is 2.42.